The number of hydrogen-bond donors (Lipinski definition) is 1. The lowest BCUT2D eigenvalue weighted by Gasteiger charge is -2.13. The monoisotopic (exact) mass is 253 g/mol. The Morgan fingerprint density at radius 3 is 2.41 bits per heavy atom. The van der Waals surface area contributed by atoms with Crippen LogP contribution in [0.1, 0.15) is 17.6 Å². The van der Waals surface area contributed by atoms with Gasteiger partial charge in [0.1, 0.15) is 11.6 Å². The van der Waals surface area contributed by atoms with E-state index in [4.69, 9.17) is 11.0 Å². The smallest absolute Gasteiger partial charge is 0.397 e. The highest BCUT2D eigenvalue weighted by Crippen LogP contribution is 2.36. The van der Waals surface area contributed by atoms with Crippen LogP contribution in [0, 0.1) is 11.3 Å². The molecule has 1 heterocycles. The molecule has 0 aliphatic carbocycles. The second-order valence-electron chi connectivity index (χ2n) is 2.76. The molecule has 0 unspecified atom stereocenters. The van der Waals surface area contributed by atoms with E-state index in [1.54, 1.807) is 0 Å². The minimum Gasteiger partial charge on any atom is -0.397 e. The Morgan fingerprint density at radius 2 is 2.00 bits per heavy atom. The summed E-state index contributed by atoms with van der Waals surface area (Å²) in [6.07, 6.45) is -7.88. The first-order chi connectivity index (χ1) is 7.76. The number of ether oxygens (including phenoxy) is 1. The molecule has 0 saturated heterocycles. The van der Waals surface area contributed by atoms with Crippen LogP contribution in [0.4, 0.5) is 27.6 Å². The summed E-state index contributed by atoms with van der Waals surface area (Å²) in [7, 11) is 0. The highest BCUT2D eigenvalue weighted by molar-refractivity contribution is 5.61. The molecule has 0 atom stereocenters. The van der Waals surface area contributed by atoms with E-state index in [2.05, 4.69) is 9.72 Å². The summed E-state index contributed by atoms with van der Waals surface area (Å²) in [5.41, 5.74) is 2.65. The van der Waals surface area contributed by atoms with Crippen LogP contribution in [-0.4, -0.2) is 11.3 Å². The lowest BCUT2D eigenvalue weighted by molar-refractivity contribution is -0.276. The number of rotatable bonds is 2. The molecule has 9 heteroatoms. The van der Waals surface area contributed by atoms with E-state index in [-0.39, 0.29) is 0 Å². The average Bonchev–Trinajstić information content (AvgIpc) is 2.14. The molecule has 0 aromatic carbocycles. The predicted molar refractivity (Wildman–Crippen MR) is 45.0 cm³/mol. The molecule has 1 rings (SSSR count). The molecule has 0 saturated carbocycles. The van der Waals surface area contributed by atoms with Gasteiger partial charge in [0.25, 0.3) is 6.43 Å². The van der Waals surface area contributed by atoms with Gasteiger partial charge in [-0.25, -0.2) is 13.8 Å². The number of anilines is 1. The number of halogens is 5. The topological polar surface area (TPSA) is 71.9 Å². The lowest BCUT2D eigenvalue weighted by atomic mass is 10.1. The van der Waals surface area contributed by atoms with Crippen LogP contribution in [-0.2, 0) is 0 Å². The largest absolute Gasteiger partial charge is 0.574 e. The molecule has 0 amide bonds. The number of alkyl halides is 5. The number of aromatic nitrogens is 1. The zero-order valence-electron chi connectivity index (χ0n) is 7.92. The van der Waals surface area contributed by atoms with E-state index in [0.29, 0.717) is 6.20 Å². The van der Waals surface area contributed by atoms with Crippen molar-refractivity contribution in [3.05, 3.63) is 17.3 Å². The van der Waals surface area contributed by atoms with Crippen molar-refractivity contribution < 1.29 is 26.7 Å². The van der Waals surface area contributed by atoms with Crippen molar-refractivity contribution >= 4 is 5.69 Å². The van der Waals surface area contributed by atoms with Crippen molar-refractivity contribution in [3.8, 4) is 11.9 Å². The first kappa shape index (κ1) is 13.0. The summed E-state index contributed by atoms with van der Waals surface area (Å²) in [6, 6.07) is 1.42. The first-order valence-electron chi connectivity index (χ1n) is 3.98. The number of nitrogens with two attached hydrogens (primary N) is 1. The summed E-state index contributed by atoms with van der Waals surface area (Å²) in [6.45, 7) is 0. The zero-order valence-corrected chi connectivity index (χ0v) is 7.92. The van der Waals surface area contributed by atoms with Crippen LogP contribution in [0.3, 0.4) is 0 Å². The van der Waals surface area contributed by atoms with E-state index < -0.39 is 35.5 Å². The predicted octanol–water partition coefficient (Wildman–Crippen LogP) is 2.37. The van der Waals surface area contributed by atoms with Crippen molar-refractivity contribution in [3.63, 3.8) is 0 Å². The summed E-state index contributed by atoms with van der Waals surface area (Å²) >= 11 is 0. The molecule has 17 heavy (non-hydrogen) atoms. The molecule has 92 valence electrons. The normalized spacial score (nSPS) is 11.4. The molecule has 1 aromatic rings. The highest BCUT2D eigenvalue weighted by atomic mass is 19.4. The second-order valence-corrected chi connectivity index (χ2v) is 2.76. The van der Waals surface area contributed by atoms with Gasteiger partial charge in [0.15, 0.2) is 0 Å². The SMILES string of the molecule is N#Cc1cnc(OC(F)(F)F)c(C(F)F)c1N. The third-order valence-corrected chi connectivity index (χ3v) is 1.67. The molecule has 4 nitrogen and oxygen atoms in total. The third kappa shape index (κ3) is 2.93. The van der Waals surface area contributed by atoms with Crippen LogP contribution in [0.2, 0.25) is 0 Å². The van der Waals surface area contributed by atoms with Gasteiger partial charge in [-0.1, -0.05) is 0 Å². The van der Waals surface area contributed by atoms with Crippen molar-refractivity contribution in [2.75, 3.05) is 5.73 Å². The Labute approximate surface area is 91.4 Å². The van der Waals surface area contributed by atoms with Gasteiger partial charge in [0, 0.05) is 0 Å². The van der Waals surface area contributed by atoms with Crippen LogP contribution >= 0.6 is 0 Å². The minimum atomic E-state index is -5.17. The van der Waals surface area contributed by atoms with E-state index in [0.717, 1.165) is 0 Å². The Morgan fingerprint density at radius 1 is 1.41 bits per heavy atom. The maximum Gasteiger partial charge on any atom is 0.574 e. The molecular weight excluding hydrogens is 249 g/mol. The van der Waals surface area contributed by atoms with Crippen LogP contribution in [0.5, 0.6) is 5.88 Å². The van der Waals surface area contributed by atoms with Crippen LogP contribution < -0.4 is 10.5 Å². The van der Waals surface area contributed by atoms with Crippen molar-refractivity contribution in [2.24, 2.45) is 0 Å². The number of nitrogen functional groups attached to an aromatic ring is 1. The number of nitrogens with zero attached hydrogens (tertiary/aromatic N) is 2. The molecule has 0 aliphatic heterocycles. The first-order valence-corrected chi connectivity index (χ1v) is 3.98. The summed E-state index contributed by atoms with van der Waals surface area (Å²) in [5.74, 6) is -1.36. The maximum atomic E-state index is 12.5. The van der Waals surface area contributed by atoms with Gasteiger partial charge in [-0.3, -0.25) is 0 Å². The fourth-order valence-corrected chi connectivity index (χ4v) is 1.01. The van der Waals surface area contributed by atoms with E-state index >= 15 is 0 Å². The fourth-order valence-electron chi connectivity index (χ4n) is 1.01. The van der Waals surface area contributed by atoms with Gasteiger partial charge < -0.3 is 10.5 Å². The second kappa shape index (κ2) is 4.40. The molecule has 0 bridgehead atoms. The Kier molecular flexibility index (Phi) is 3.36. The third-order valence-electron chi connectivity index (χ3n) is 1.67. The Hall–Kier alpha value is -2.11. The zero-order chi connectivity index (χ0) is 13.2. The molecule has 0 fully saturated rings. The van der Waals surface area contributed by atoms with E-state index in [9.17, 15) is 22.0 Å². The van der Waals surface area contributed by atoms with Gasteiger partial charge in [0.05, 0.1) is 17.4 Å². The number of pyridine rings is 1. The molecule has 0 radical (unpaired) electrons. The number of hydrogen-bond acceptors (Lipinski definition) is 4. The van der Waals surface area contributed by atoms with Crippen LogP contribution in [0.25, 0.3) is 0 Å². The molecule has 0 aliphatic rings. The van der Waals surface area contributed by atoms with Gasteiger partial charge in [0.2, 0.25) is 5.88 Å². The molecule has 0 spiro atoms. The van der Waals surface area contributed by atoms with E-state index in [1.165, 1.54) is 6.07 Å². The van der Waals surface area contributed by atoms with Gasteiger partial charge in [-0.05, 0) is 0 Å². The summed E-state index contributed by atoms with van der Waals surface area (Å²) < 4.78 is 64.0. The lowest BCUT2D eigenvalue weighted by Crippen LogP contribution is -2.20. The maximum absolute atomic E-state index is 12.5. The summed E-state index contributed by atoms with van der Waals surface area (Å²) in [4.78, 5) is 2.99. The van der Waals surface area contributed by atoms with Crippen LogP contribution in [0.15, 0.2) is 6.20 Å². The van der Waals surface area contributed by atoms with Gasteiger partial charge in [-0.15, -0.1) is 13.2 Å². The van der Waals surface area contributed by atoms with Crippen molar-refractivity contribution in [1.29, 1.82) is 5.26 Å². The fraction of sp³-hybridized carbons (Fsp3) is 0.250. The molecular formula is C8H4F5N3O. The molecule has 1 aromatic heterocycles. The Bertz CT molecular complexity index is 465. The van der Waals surface area contributed by atoms with Gasteiger partial charge in [-0.2, -0.15) is 5.26 Å². The van der Waals surface area contributed by atoms with Crippen molar-refractivity contribution in [2.45, 2.75) is 12.8 Å². The summed E-state index contributed by atoms with van der Waals surface area (Å²) in [5, 5.41) is 8.47. The standard InChI is InChI=1S/C8H4F5N3O/c9-6(10)4-5(15)3(1-14)2-16-7(4)17-8(11,12)13/h2,6H,(H2,15,16). The van der Waals surface area contributed by atoms with Gasteiger partial charge >= 0.3 is 6.36 Å². The molecule has 2 N–H and O–H groups in total. The van der Waals surface area contributed by atoms with Crippen molar-refractivity contribution in [1.82, 2.24) is 4.98 Å². The minimum absolute atomic E-state index is 0.449. The average molecular weight is 253 g/mol. The number of nitriles is 1. The van der Waals surface area contributed by atoms with E-state index in [1.807, 2.05) is 0 Å². The highest BCUT2D eigenvalue weighted by Gasteiger charge is 2.35. The quantitative estimate of drug-likeness (QED) is 0.821. The Balaban J connectivity index is 3.33.